The molecule has 2 aliphatic heterocycles. The van der Waals surface area contributed by atoms with E-state index >= 15 is 0 Å². The highest BCUT2D eigenvalue weighted by molar-refractivity contribution is 5.78. The molecule has 2 aliphatic rings. The molecule has 0 aliphatic carbocycles. The van der Waals surface area contributed by atoms with Gasteiger partial charge in [0.05, 0.1) is 12.7 Å². The molecule has 0 radical (unpaired) electrons. The predicted octanol–water partition coefficient (Wildman–Crippen LogP) is 0.0805. The number of hydrogen-bond acceptors (Lipinski definition) is 4. The summed E-state index contributed by atoms with van der Waals surface area (Å²) in [6, 6.07) is 0.441. The minimum Gasteiger partial charge on any atom is -0.390 e. The zero-order chi connectivity index (χ0) is 13.0. The Hall–Kier alpha value is -0.650. The quantitative estimate of drug-likeness (QED) is 0.774. The maximum Gasteiger partial charge on any atom is 0.222 e. The maximum absolute atomic E-state index is 11.5. The van der Waals surface area contributed by atoms with Crippen molar-refractivity contribution >= 4 is 5.91 Å². The smallest absolute Gasteiger partial charge is 0.222 e. The van der Waals surface area contributed by atoms with Crippen LogP contribution in [0.5, 0.6) is 0 Å². The van der Waals surface area contributed by atoms with Crippen molar-refractivity contribution in [3.8, 4) is 0 Å². The first kappa shape index (κ1) is 13.8. The van der Waals surface area contributed by atoms with Crippen LogP contribution < -0.4 is 0 Å². The second-order valence-corrected chi connectivity index (χ2v) is 5.34. The van der Waals surface area contributed by atoms with Crippen LogP contribution in [0.1, 0.15) is 26.2 Å². The van der Waals surface area contributed by atoms with E-state index in [1.807, 2.05) is 0 Å². The van der Waals surface area contributed by atoms with Gasteiger partial charge in [-0.05, 0) is 19.8 Å². The summed E-state index contributed by atoms with van der Waals surface area (Å²) >= 11 is 0. The Morgan fingerprint density at radius 2 is 2.22 bits per heavy atom. The molecule has 2 atom stereocenters. The van der Waals surface area contributed by atoms with Crippen LogP contribution in [-0.4, -0.2) is 72.4 Å². The van der Waals surface area contributed by atoms with Crippen molar-refractivity contribution in [3.05, 3.63) is 0 Å². The topological polar surface area (TPSA) is 53.0 Å². The van der Waals surface area contributed by atoms with Crippen molar-refractivity contribution in [3.63, 3.8) is 0 Å². The molecule has 18 heavy (non-hydrogen) atoms. The Kier molecular flexibility index (Phi) is 4.97. The van der Waals surface area contributed by atoms with Gasteiger partial charge in [0.1, 0.15) is 0 Å². The minimum atomic E-state index is -0.451. The van der Waals surface area contributed by atoms with Crippen LogP contribution in [0.2, 0.25) is 0 Å². The first-order chi connectivity index (χ1) is 8.66. The lowest BCUT2D eigenvalue weighted by Gasteiger charge is -2.30. The highest BCUT2D eigenvalue weighted by Gasteiger charge is 2.25. The Morgan fingerprint density at radius 1 is 1.39 bits per heavy atom. The molecule has 104 valence electrons. The molecular weight excluding hydrogens is 232 g/mol. The first-order valence-corrected chi connectivity index (χ1v) is 6.94. The van der Waals surface area contributed by atoms with Gasteiger partial charge in [-0.2, -0.15) is 0 Å². The number of amides is 1. The van der Waals surface area contributed by atoms with Gasteiger partial charge < -0.3 is 14.7 Å². The molecule has 2 saturated heterocycles. The largest absolute Gasteiger partial charge is 0.390 e. The van der Waals surface area contributed by atoms with Crippen LogP contribution in [-0.2, 0) is 9.53 Å². The minimum absolute atomic E-state index is 0.182. The Labute approximate surface area is 109 Å². The Balaban J connectivity index is 1.78. The van der Waals surface area contributed by atoms with Crippen molar-refractivity contribution < 1.29 is 14.6 Å². The molecule has 1 N–H and O–H groups in total. The molecule has 0 saturated carbocycles. The molecular formula is C13H24N2O3. The van der Waals surface area contributed by atoms with Crippen LogP contribution in [0.25, 0.3) is 0 Å². The van der Waals surface area contributed by atoms with Crippen molar-refractivity contribution in [2.45, 2.75) is 38.3 Å². The summed E-state index contributed by atoms with van der Waals surface area (Å²) in [5.41, 5.74) is 0. The average molecular weight is 256 g/mol. The highest BCUT2D eigenvalue weighted by Crippen LogP contribution is 2.12. The molecule has 0 spiro atoms. The van der Waals surface area contributed by atoms with Crippen molar-refractivity contribution in [1.82, 2.24) is 9.80 Å². The molecule has 0 aromatic carbocycles. The third-order valence-corrected chi connectivity index (χ3v) is 3.87. The number of ether oxygens (including phenoxy) is 1. The van der Waals surface area contributed by atoms with Crippen LogP contribution in [0.3, 0.4) is 0 Å². The summed E-state index contributed by atoms with van der Waals surface area (Å²) in [5.74, 6) is 0.182. The zero-order valence-corrected chi connectivity index (χ0v) is 11.2. The van der Waals surface area contributed by atoms with E-state index in [1.165, 1.54) is 0 Å². The number of carbonyl (C=O) groups is 1. The zero-order valence-electron chi connectivity index (χ0n) is 11.2. The van der Waals surface area contributed by atoms with Crippen molar-refractivity contribution in [2.24, 2.45) is 0 Å². The van der Waals surface area contributed by atoms with Crippen molar-refractivity contribution in [1.29, 1.82) is 0 Å². The van der Waals surface area contributed by atoms with E-state index in [4.69, 9.17) is 4.74 Å². The normalized spacial score (nSPS) is 28.4. The summed E-state index contributed by atoms with van der Waals surface area (Å²) in [7, 11) is 0. The van der Waals surface area contributed by atoms with Crippen LogP contribution >= 0.6 is 0 Å². The third-order valence-electron chi connectivity index (χ3n) is 3.87. The van der Waals surface area contributed by atoms with Gasteiger partial charge in [0, 0.05) is 45.2 Å². The summed E-state index contributed by atoms with van der Waals surface area (Å²) in [5, 5.41) is 10.1. The number of hydrogen-bond donors (Lipinski definition) is 1. The third kappa shape index (κ3) is 3.67. The highest BCUT2D eigenvalue weighted by atomic mass is 16.5. The Bertz CT molecular complexity index is 285. The van der Waals surface area contributed by atoms with E-state index in [9.17, 15) is 9.90 Å². The van der Waals surface area contributed by atoms with E-state index in [0.717, 1.165) is 39.1 Å². The van der Waals surface area contributed by atoms with Crippen molar-refractivity contribution in [2.75, 3.05) is 39.4 Å². The van der Waals surface area contributed by atoms with Gasteiger partial charge >= 0.3 is 0 Å². The fourth-order valence-electron chi connectivity index (χ4n) is 2.69. The fraction of sp³-hybridized carbons (Fsp3) is 0.923. The van der Waals surface area contributed by atoms with Crippen LogP contribution in [0.4, 0.5) is 0 Å². The second kappa shape index (κ2) is 6.50. The molecule has 0 aromatic rings. The molecule has 2 unspecified atom stereocenters. The van der Waals surface area contributed by atoms with Gasteiger partial charge in [-0.3, -0.25) is 9.69 Å². The van der Waals surface area contributed by atoms with Gasteiger partial charge in [-0.25, -0.2) is 0 Å². The van der Waals surface area contributed by atoms with Gasteiger partial charge in [0.15, 0.2) is 0 Å². The predicted molar refractivity (Wildman–Crippen MR) is 68.3 cm³/mol. The number of rotatable bonds is 4. The molecule has 2 rings (SSSR count). The molecule has 2 fully saturated rings. The summed E-state index contributed by atoms with van der Waals surface area (Å²) < 4.78 is 5.44. The van der Waals surface area contributed by atoms with Crippen LogP contribution in [0.15, 0.2) is 0 Å². The number of β-amino-alcohol motifs (C(OH)–C–C–N with tert-alkyl or cyclic N) is 1. The SMILES string of the molecule is CC1CCOCCN1CC(O)CN1CCCC1=O. The lowest BCUT2D eigenvalue weighted by Crippen LogP contribution is -2.44. The number of aliphatic hydroxyl groups is 1. The second-order valence-electron chi connectivity index (χ2n) is 5.34. The number of carbonyl (C=O) groups excluding carboxylic acids is 1. The maximum atomic E-state index is 11.5. The van der Waals surface area contributed by atoms with E-state index in [-0.39, 0.29) is 5.91 Å². The number of nitrogens with zero attached hydrogens (tertiary/aromatic N) is 2. The lowest BCUT2D eigenvalue weighted by molar-refractivity contribution is -0.129. The first-order valence-electron chi connectivity index (χ1n) is 6.94. The van der Waals surface area contributed by atoms with E-state index < -0.39 is 6.10 Å². The van der Waals surface area contributed by atoms with Gasteiger partial charge in [-0.1, -0.05) is 0 Å². The lowest BCUT2D eigenvalue weighted by atomic mass is 10.2. The van der Waals surface area contributed by atoms with E-state index in [0.29, 0.717) is 25.6 Å². The molecule has 5 heteroatoms. The molecule has 0 bridgehead atoms. The Morgan fingerprint density at radius 3 is 2.94 bits per heavy atom. The molecule has 2 heterocycles. The average Bonchev–Trinajstić information content (AvgIpc) is 2.61. The molecule has 0 aromatic heterocycles. The standard InChI is InChI=1S/C13H24N2O3/c1-11-4-7-18-8-6-14(11)9-12(16)10-15-5-2-3-13(15)17/h11-12,16H,2-10H2,1H3. The monoisotopic (exact) mass is 256 g/mol. The summed E-state index contributed by atoms with van der Waals surface area (Å²) in [4.78, 5) is 15.5. The fourth-order valence-corrected chi connectivity index (χ4v) is 2.69. The van der Waals surface area contributed by atoms with E-state index in [1.54, 1.807) is 4.90 Å². The van der Waals surface area contributed by atoms with Crippen LogP contribution in [0, 0.1) is 0 Å². The number of likely N-dealkylation sites (tertiary alicyclic amines) is 1. The summed E-state index contributed by atoms with van der Waals surface area (Å²) in [6.07, 6.45) is 2.13. The molecule has 1 amide bonds. The van der Waals surface area contributed by atoms with Gasteiger partial charge in [-0.15, -0.1) is 0 Å². The summed E-state index contributed by atoms with van der Waals surface area (Å²) in [6.45, 7) is 6.48. The molecule has 5 nitrogen and oxygen atoms in total. The van der Waals surface area contributed by atoms with E-state index in [2.05, 4.69) is 11.8 Å². The van der Waals surface area contributed by atoms with Gasteiger partial charge in [0.2, 0.25) is 5.91 Å². The number of aliphatic hydroxyl groups excluding tert-OH is 1. The van der Waals surface area contributed by atoms with Gasteiger partial charge in [0.25, 0.3) is 0 Å².